The van der Waals surface area contributed by atoms with Gasteiger partial charge in [0.2, 0.25) is 0 Å². The molecule has 1 aromatic carbocycles. The molecule has 2 atom stereocenters. The molecule has 11 heteroatoms. The van der Waals surface area contributed by atoms with E-state index in [1.54, 1.807) is 0 Å². The number of rotatable bonds is 7. The number of methoxy groups -OCH3 is 1. The largest absolute Gasteiger partial charge is 0.453 e. The van der Waals surface area contributed by atoms with Gasteiger partial charge in [-0.3, -0.25) is 14.5 Å². The van der Waals surface area contributed by atoms with Crippen molar-refractivity contribution in [2.24, 2.45) is 0 Å². The van der Waals surface area contributed by atoms with Crippen LogP contribution in [0.1, 0.15) is 62.1 Å². The van der Waals surface area contributed by atoms with Gasteiger partial charge in [-0.25, -0.2) is 9.78 Å². The fourth-order valence-electron chi connectivity index (χ4n) is 5.25. The molecule has 2 aliphatic rings. The van der Waals surface area contributed by atoms with Crippen molar-refractivity contribution in [2.75, 3.05) is 26.7 Å². The van der Waals surface area contributed by atoms with Crippen LogP contribution in [-0.2, 0) is 17.7 Å². The first kappa shape index (κ1) is 26.2. The van der Waals surface area contributed by atoms with Gasteiger partial charge in [-0.05, 0) is 38.0 Å². The number of alkyl carbamates (subject to hydrolysis) is 1. The first-order valence-corrected chi connectivity index (χ1v) is 13.9. The van der Waals surface area contributed by atoms with Gasteiger partial charge in [-0.1, -0.05) is 24.5 Å². The van der Waals surface area contributed by atoms with Crippen molar-refractivity contribution in [3.05, 3.63) is 51.1 Å². The molecule has 0 saturated heterocycles. The lowest BCUT2D eigenvalue weighted by Gasteiger charge is -2.32. The number of hydrogen-bond donors (Lipinski definition) is 4. The van der Waals surface area contributed by atoms with Crippen LogP contribution in [0.15, 0.2) is 24.3 Å². The molecular formula is C27H34N6O4S. The normalized spacial score (nSPS) is 19.5. The van der Waals surface area contributed by atoms with Gasteiger partial charge in [0.25, 0.3) is 11.8 Å². The molecular weight excluding hydrogens is 504 g/mol. The van der Waals surface area contributed by atoms with Gasteiger partial charge in [-0.15, -0.1) is 11.3 Å². The molecule has 3 aromatic rings. The highest BCUT2D eigenvalue weighted by molar-refractivity contribution is 7.13. The standard InChI is InChI=1S/C27H34N6O4S/c1-16-7-8-18-17(13-16)14-22(29-18)24(34)30-19-5-3-4-6-20(19)31-25(35)26-32-21-9-11-33(15-23(21)38-26)12-10-28-27(36)37-2/h7-8,13-14,19-20,29H,3-6,9-12,15H2,1-2H3,(H,28,36)(H,30,34)(H,31,35)/t19-,20+/m0/s1. The summed E-state index contributed by atoms with van der Waals surface area (Å²) in [6, 6.07) is 7.65. The number of nitrogens with zero attached hydrogens (tertiary/aromatic N) is 2. The van der Waals surface area contributed by atoms with Crippen LogP contribution in [0, 0.1) is 6.92 Å². The van der Waals surface area contributed by atoms with E-state index in [0.717, 1.165) is 65.7 Å². The SMILES string of the molecule is COC(=O)NCCN1CCc2nc(C(=O)N[C@@H]3CCCC[C@@H]3NC(=O)c3cc4cc(C)ccc4[nH]3)sc2C1. The highest BCUT2D eigenvalue weighted by Gasteiger charge is 2.30. The number of hydrogen-bond acceptors (Lipinski definition) is 7. The molecule has 0 unspecified atom stereocenters. The lowest BCUT2D eigenvalue weighted by Crippen LogP contribution is -2.53. The molecule has 0 radical (unpaired) electrons. The number of carbonyl (C=O) groups excluding carboxylic acids is 3. The predicted octanol–water partition coefficient (Wildman–Crippen LogP) is 3.12. The Hall–Kier alpha value is -3.44. The van der Waals surface area contributed by atoms with Crippen molar-refractivity contribution in [3.8, 4) is 0 Å². The number of aromatic nitrogens is 2. The Morgan fingerprint density at radius 1 is 1.13 bits per heavy atom. The maximum atomic E-state index is 13.2. The topological polar surface area (TPSA) is 128 Å². The molecule has 3 heterocycles. The zero-order valence-electron chi connectivity index (χ0n) is 21.8. The molecule has 3 amide bonds. The molecule has 1 aliphatic heterocycles. The van der Waals surface area contributed by atoms with E-state index in [4.69, 9.17) is 0 Å². The third-order valence-electron chi connectivity index (χ3n) is 7.31. The van der Waals surface area contributed by atoms with Crippen LogP contribution >= 0.6 is 11.3 Å². The summed E-state index contributed by atoms with van der Waals surface area (Å²) in [5, 5.41) is 10.5. The smallest absolute Gasteiger partial charge is 0.406 e. The summed E-state index contributed by atoms with van der Waals surface area (Å²) in [5.74, 6) is -0.341. The molecule has 38 heavy (non-hydrogen) atoms. The number of carbonyl (C=O) groups is 3. The van der Waals surface area contributed by atoms with Gasteiger partial charge < -0.3 is 25.7 Å². The van der Waals surface area contributed by atoms with E-state index in [-0.39, 0.29) is 23.9 Å². The highest BCUT2D eigenvalue weighted by atomic mass is 32.1. The minimum Gasteiger partial charge on any atom is -0.453 e. The maximum absolute atomic E-state index is 13.2. The van der Waals surface area contributed by atoms with Gasteiger partial charge in [-0.2, -0.15) is 0 Å². The fourth-order valence-corrected chi connectivity index (χ4v) is 6.31. The summed E-state index contributed by atoms with van der Waals surface area (Å²) >= 11 is 1.43. The molecule has 1 fully saturated rings. The quantitative estimate of drug-likeness (QED) is 0.366. The molecule has 4 N–H and O–H groups in total. The Morgan fingerprint density at radius 3 is 2.66 bits per heavy atom. The van der Waals surface area contributed by atoms with Crippen LogP contribution in [-0.4, -0.2) is 71.6 Å². The highest BCUT2D eigenvalue weighted by Crippen LogP contribution is 2.26. The van der Waals surface area contributed by atoms with Gasteiger partial charge in [0, 0.05) is 60.5 Å². The lowest BCUT2D eigenvalue weighted by molar-refractivity contribution is 0.0860. The zero-order valence-corrected chi connectivity index (χ0v) is 22.6. The van der Waals surface area contributed by atoms with Crippen LogP contribution in [0.4, 0.5) is 4.79 Å². The Labute approximate surface area is 225 Å². The lowest BCUT2D eigenvalue weighted by atomic mass is 9.90. The van der Waals surface area contributed by atoms with Crippen LogP contribution in [0.25, 0.3) is 10.9 Å². The van der Waals surface area contributed by atoms with Gasteiger partial charge in [0.05, 0.1) is 12.8 Å². The fraction of sp³-hybridized carbons (Fsp3) is 0.481. The van der Waals surface area contributed by atoms with E-state index in [1.807, 2.05) is 25.1 Å². The Bertz CT molecular complexity index is 1330. The number of nitrogens with one attached hydrogen (secondary N) is 4. The second-order valence-electron chi connectivity index (χ2n) is 10.1. The van der Waals surface area contributed by atoms with Crippen molar-refractivity contribution < 1.29 is 19.1 Å². The number of H-pyrrole nitrogens is 1. The summed E-state index contributed by atoms with van der Waals surface area (Å²) in [4.78, 5) is 48.7. The van der Waals surface area contributed by atoms with E-state index < -0.39 is 6.09 Å². The minimum atomic E-state index is -0.437. The van der Waals surface area contributed by atoms with Gasteiger partial charge in [0.1, 0.15) is 5.69 Å². The number of amides is 3. The molecule has 2 aromatic heterocycles. The summed E-state index contributed by atoms with van der Waals surface area (Å²) in [6.45, 7) is 4.76. The van der Waals surface area contributed by atoms with E-state index in [1.165, 1.54) is 18.4 Å². The molecule has 5 rings (SSSR count). The number of fused-ring (bicyclic) bond motifs is 2. The second kappa shape index (κ2) is 11.5. The van der Waals surface area contributed by atoms with Crippen LogP contribution < -0.4 is 16.0 Å². The maximum Gasteiger partial charge on any atom is 0.406 e. The van der Waals surface area contributed by atoms with Gasteiger partial charge in [0.15, 0.2) is 5.01 Å². The number of aryl methyl sites for hydroxylation is 1. The van der Waals surface area contributed by atoms with Crippen molar-refractivity contribution in [3.63, 3.8) is 0 Å². The number of ether oxygens (including phenoxy) is 1. The zero-order chi connectivity index (χ0) is 26.6. The number of benzene rings is 1. The minimum absolute atomic E-state index is 0.138. The third kappa shape index (κ3) is 5.99. The monoisotopic (exact) mass is 538 g/mol. The molecule has 10 nitrogen and oxygen atoms in total. The molecule has 0 bridgehead atoms. The van der Waals surface area contributed by atoms with Crippen molar-refractivity contribution >= 4 is 40.1 Å². The van der Waals surface area contributed by atoms with E-state index in [2.05, 4.69) is 41.6 Å². The Kier molecular flexibility index (Phi) is 7.94. The number of aromatic amines is 1. The van der Waals surface area contributed by atoms with Crippen LogP contribution in [0.2, 0.25) is 0 Å². The molecule has 202 valence electrons. The third-order valence-corrected chi connectivity index (χ3v) is 8.39. The summed E-state index contributed by atoms with van der Waals surface area (Å²) in [6.07, 6.45) is 3.98. The molecule has 1 saturated carbocycles. The van der Waals surface area contributed by atoms with Crippen molar-refractivity contribution in [2.45, 2.75) is 57.7 Å². The first-order valence-electron chi connectivity index (χ1n) is 13.1. The predicted molar refractivity (Wildman–Crippen MR) is 146 cm³/mol. The van der Waals surface area contributed by atoms with Crippen molar-refractivity contribution in [1.82, 2.24) is 30.8 Å². The summed E-state index contributed by atoms with van der Waals surface area (Å²) in [5.41, 5.74) is 3.58. The van der Waals surface area contributed by atoms with E-state index >= 15 is 0 Å². The Balaban J connectivity index is 1.19. The van der Waals surface area contributed by atoms with Gasteiger partial charge >= 0.3 is 6.09 Å². The Morgan fingerprint density at radius 2 is 1.89 bits per heavy atom. The summed E-state index contributed by atoms with van der Waals surface area (Å²) in [7, 11) is 1.35. The van der Waals surface area contributed by atoms with Crippen LogP contribution in [0.5, 0.6) is 0 Å². The summed E-state index contributed by atoms with van der Waals surface area (Å²) < 4.78 is 4.61. The van der Waals surface area contributed by atoms with Crippen LogP contribution in [0.3, 0.4) is 0 Å². The second-order valence-corrected chi connectivity index (χ2v) is 11.1. The first-order chi connectivity index (χ1) is 18.4. The molecule has 0 spiro atoms. The van der Waals surface area contributed by atoms with Crippen molar-refractivity contribution in [1.29, 1.82) is 0 Å². The average molecular weight is 539 g/mol. The van der Waals surface area contributed by atoms with E-state index in [9.17, 15) is 14.4 Å². The number of thiazole rings is 1. The van der Waals surface area contributed by atoms with E-state index in [0.29, 0.717) is 30.3 Å². The molecule has 1 aliphatic carbocycles. The average Bonchev–Trinajstić information content (AvgIpc) is 3.53.